The molecule has 0 aliphatic heterocycles. The summed E-state index contributed by atoms with van der Waals surface area (Å²) < 4.78 is 0.573. The number of hydrogen-bond donors (Lipinski definition) is 1. The van der Waals surface area contributed by atoms with Gasteiger partial charge >= 0.3 is 0 Å². The van der Waals surface area contributed by atoms with Crippen LogP contribution in [0.2, 0.25) is 0 Å². The predicted octanol–water partition coefficient (Wildman–Crippen LogP) is 0.235. The van der Waals surface area contributed by atoms with Crippen molar-refractivity contribution in [2.24, 2.45) is 0 Å². The molecule has 0 rings (SSSR count). The Hall–Kier alpha value is -0.0800. The minimum Gasteiger partial charge on any atom is -0.345 e. The maximum atomic E-state index is 9.10. The highest BCUT2D eigenvalue weighted by molar-refractivity contribution is 4.41. The fraction of sp³-hybridized carbons (Fsp3) is 0.833. The van der Waals surface area contributed by atoms with E-state index in [4.69, 9.17) is 5.11 Å². The number of nitrogens with zero attached hydrogens (tertiary/aromatic N) is 1. The van der Waals surface area contributed by atoms with Crippen molar-refractivity contribution in [2.75, 3.05) is 21.1 Å². The molecule has 0 heterocycles. The fourth-order valence-corrected chi connectivity index (χ4v) is 0.387. The van der Waals surface area contributed by atoms with Gasteiger partial charge in [-0.2, -0.15) is 0 Å². The highest BCUT2D eigenvalue weighted by atomic mass is 16.3. The van der Waals surface area contributed by atoms with Gasteiger partial charge in [-0.3, -0.25) is 0 Å². The Morgan fingerprint density at radius 3 is 1.88 bits per heavy atom. The molecule has 0 bridgehead atoms. The largest absolute Gasteiger partial charge is 0.345 e. The molecule has 0 aromatic rings. The van der Waals surface area contributed by atoms with Crippen molar-refractivity contribution in [3.8, 4) is 0 Å². The average Bonchev–Trinajstić information content (AvgIpc) is 1.62. The molecule has 0 amide bonds. The number of aliphatic hydroxyl groups excluding tert-OH is 1. The van der Waals surface area contributed by atoms with Crippen LogP contribution in [0.3, 0.4) is 0 Å². The van der Waals surface area contributed by atoms with E-state index in [0.29, 0.717) is 10.9 Å². The molecule has 0 aliphatic rings. The van der Waals surface area contributed by atoms with Gasteiger partial charge in [-0.15, -0.1) is 0 Å². The Kier molecular flexibility index (Phi) is 2.44. The fourth-order valence-electron chi connectivity index (χ4n) is 0.387. The summed E-state index contributed by atoms with van der Waals surface area (Å²) in [7, 11) is 5.82. The van der Waals surface area contributed by atoms with Crippen LogP contribution in [0, 0.1) is 6.92 Å². The van der Waals surface area contributed by atoms with Gasteiger partial charge in [0.15, 0.2) is 6.23 Å². The lowest BCUT2D eigenvalue weighted by atomic mass is 10.4. The molecule has 0 saturated carbocycles. The van der Waals surface area contributed by atoms with E-state index in [0.717, 1.165) is 0 Å². The number of quaternary nitrogens is 1. The number of rotatable bonds is 2. The van der Waals surface area contributed by atoms with E-state index in [1.807, 2.05) is 21.1 Å². The summed E-state index contributed by atoms with van der Waals surface area (Å²) in [4.78, 5) is 0. The van der Waals surface area contributed by atoms with Crippen molar-refractivity contribution in [1.29, 1.82) is 0 Å². The van der Waals surface area contributed by atoms with Gasteiger partial charge in [0.2, 0.25) is 0 Å². The first-order chi connectivity index (χ1) is 3.48. The van der Waals surface area contributed by atoms with E-state index in [2.05, 4.69) is 6.92 Å². The first kappa shape index (κ1) is 7.92. The monoisotopic (exact) mass is 117 g/mol. The summed E-state index contributed by atoms with van der Waals surface area (Å²) >= 11 is 0. The topological polar surface area (TPSA) is 20.2 Å². The minimum absolute atomic E-state index is 0.324. The minimum atomic E-state index is -0.324. The maximum Gasteiger partial charge on any atom is 0.189 e. The summed E-state index contributed by atoms with van der Waals surface area (Å²) in [6, 6.07) is 0. The van der Waals surface area contributed by atoms with Gasteiger partial charge in [0, 0.05) is 6.42 Å². The van der Waals surface area contributed by atoms with E-state index in [1.54, 1.807) is 0 Å². The molecule has 1 N–H and O–H groups in total. The lowest BCUT2D eigenvalue weighted by Gasteiger charge is -2.28. The van der Waals surface area contributed by atoms with E-state index in [-0.39, 0.29) is 6.23 Å². The summed E-state index contributed by atoms with van der Waals surface area (Å²) in [5.41, 5.74) is 0. The van der Waals surface area contributed by atoms with Crippen LogP contribution in [-0.2, 0) is 0 Å². The number of aliphatic hydroxyl groups is 1. The maximum absolute atomic E-state index is 9.10. The van der Waals surface area contributed by atoms with E-state index in [1.165, 1.54) is 0 Å². The molecule has 2 nitrogen and oxygen atoms in total. The van der Waals surface area contributed by atoms with Crippen molar-refractivity contribution in [3.63, 3.8) is 0 Å². The third-order valence-corrected chi connectivity index (χ3v) is 1.15. The Morgan fingerprint density at radius 2 is 1.88 bits per heavy atom. The Bertz CT molecular complexity index is 65.4. The van der Waals surface area contributed by atoms with E-state index in [9.17, 15) is 0 Å². The molecule has 1 radical (unpaired) electrons. The second-order valence-corrected chi connectivity index (χ2v) is 2.89. The first-order valence-electron chi connectivity index (χ1n) is 2.77. The zero-order chi connectivity index (χ0) is 6.78. The summed E-state index contributed by atoms with van der Waals surface area (Å²) in [6.45, 7) is 3.59. The Labute approximate surface area is 51.3 Å². The molecular formula is C6H15NO+. The normalized spacial score (nSPS) is 16.1. The molecule has 0 fully saturated rings. The SMILES string of the molecule is [CH2]CC(O)[N+](C)(C)C. The van der Waals surface area contributed by atoms with Crippen LogP contribution >= 0.6 is 0 Å². The van der Waals surface area contributed by atoms with Crippen LogP contribution in [0.4, 0.5) is 0 Å². The van der Waals surface area contributed by atoms with Crippen molar-refractivity contribution in [2.45, 2.75) is 12.6 Å². The van der Waals surface area contributed by atoms with Crippen molar-refractivity contribution in [3.05, 3.63) is 6.92 Å². The molecule has 49 valence electrons. The van der Waals surface area contributed by atoms with E-state index >= 15 is 0 Å². The van der Waals surface area contributed by atoms with Gasteiger partial charge in [0.25, 0.3) is 0 Å². The average molecular weight is 117 g/mol. The van der Waals surface area contributed by atoms with Gasteiger partial charge in [-0.05, 0) is 6.92 Å². The third-order valence-electron chi connectivity index (χ3n) is 1.15. The molecule has 1 unspecified atom stereocenters. The highest BCUT2D eigenvalue weighted by Gasteiger charge is 2.16. The molecule has 1 atom stereocenters. The molecule has 0 aromatic heterocycles. The molecule has 8 heavy (non-hydrogen) atoms. The first-order valence-corrected chi connectivity index (χ1v) is 2.77. The summed E-state index contributed by atoms with van der Waals surface area (Å²) in [5.74, 6) is 0. The molecule has 0 aliphatic carbocycles. The highest BCUT2D eigenvalue weighted by Crippen LogP contribution is 2.00. The van der Waals surface area contributed by atoms with Crippen molar-refractivity contribution >= 4 is 0 Å². The third kappa shape index (κ3) is 2.28. The summed E-state index contributed by atoms with van der Waals surface area (Å²) in [5, 5.41) is 9.10. The lowest BCUT2D eigenvalue weighted by Crippen LogP contribution is -2.44. The van der Waals surface area contributed by atoms with Crippen LogP contribution in [0.1, 0.15) is 6.42 Å². The van der Waals surface area contributed by atoms with Gasteiger partial charge < -0.3 is 9.59 Å². The van der Waals surface area contributed by atoms with Gasteiger partial charge in [-0.1, -0.05) is 0 Å². The molecule has 0 saturated heterocycles. The van der Waals surface area contributed by atoms with Gasteiger partial charge in [0.05, 0.1) is 21.1 Å². The van der Waals surface area contributed by atoms with Crippen molar-refractivity contribution < 1.29 is 9.59 Å². The number of hydrogen-bond acceptors (Lipinski definition) is 1. The Balaban J connectivity index is 3.62. The molecular weight excluding hydrogens is 102 g/mol. The lowest BCUT2D eigenvalue weighted by molar-refractivity contribution is -0.918. The standard InChI is InChI=1S/C6H15NO/c1-5-6(8)7(2,3)4/h6,8H,1,5H2,2-4H3/q+1. The molecule has 0 spiro atoms. The van der Waals surface area contributed by atoms with Crippen LogP contribution < -0.4 is 0 Å². The quantitative estimate of drug-likeness (QED) is 0.405. The molecule has 2 heteroatoms. The van der Waals surface area contributed by atoms with Crippen LogP contribution in [-0.4, -0.2) is 37.0 Å². The molecule has 0 aromatic carbocycles. The predicted molar refractivity (Wildman–Crippen MR) is 34.0 cm³/mol. The van der Waals surface area contributed by atoms with Crippen LogP contribution in [0.5, 0.6) is 0 Å². The zero-order valence-electron chi connectivity index (χ0n) is 5.89. The Morgan fingerprint density at radius 1 is 1.50 bits per heavy atom. The van der Waals surface area contributed by atoms with Gasteiger partial charge in [-0.25, -0.2) is 0 Å². The van der Waals surface area contributed by atoms with Gasteiger partial charge in [0.1, 0.15) is 0 Å². The zero-order valence-corrected chi connectivity index (χ0v) is 5.89. The van der Waals surface area contributed by atoms with Crippen LogP contribution in [0.15, 0.2) is 0 Å². The summed E-state index contributed by atoms with van der Waals surface area (Å²) in [6.07, 6.45) is 0.249. The smallest absolute Gasteiger partial charge is 0.189 e. The second-order valence-electron chi connectivity index (χ2n) is 2.89. The van der Waals surface area contributed by atoms with E-state index < -0.39 is 0 Å². The van der Waals surface area contributed by atoms with Crippen LogP contribution in [0.25, 0.3) is 0 Å². The van der Waals surface area contributed by atoms with Crippen molar-refractivity contribution in [1.82, 2.24) is 0 Å². The second kappa shape index (κ2) is 2.46.